The number of ether oxygens (including phenoxy) is 6. The third kappa shape index (κ3) is 9.47. The van der Waals surface area contributed by atoms with E-state index < -0.39 is 102 Å². The number of carbonyl (C=O) groups excluding carboxylic acids is 1. The maximum Gasteiger partial charge on any atom is 0.311 e. The first-order valence-electron chi connectivity index (χ1n) is 18.7. The molecular formula is C37H68N2O13. The Kier molecular flexibility index (Phi) is 15.1. The van der Waals surface area contributed by atoms with Gasteiger partial charge in [-0.25, -0.2) is 0 Å². The zero-order valence-electron chi connectivity index (χ0n) is 33.4. The molecule has 3 heterocycles. The number of rotatable bonds is 7. The molecule has 0 saturated carbocycles. The van der Waals surface area contributed by atoms with Gasteiger partial charge in [-0.05, 0) is 74.9 Å². The van der Waals surface area contributed by atoms with Gasteiger partial charge in [-0.15, -0.1) is 0 Å². The monoisotopic (exact) mass is 748 g/mol. The van der Waals surface area contributed by atoms with Gasteiger partial charge >= 0.3 is 5.97 Å². The normalized spacial score (nSPS) is 49.8. The van der Waals surface area contributed by atoms with Crippen LogP contribution in [-0.4, -0.2) is 153 Å². The molecule has 52 heavy (non-hydrogen) atoms. The van der Waals surface area contributed by atoms with Crippen LogP contribution in [0.5, 0.6) is 0 Å². The summed E-state index contributed by atoms with van der Waals surface area (Å²) in [5, 5.41) is 71.8. The summed E-state index contributed by atoms with van der Waals surface area (Å²) >= 11 is 0. The zero-order valence-corrected chi connectivity index (χ0v) is 33.4. The second-order valence-electron chi connectivity index (χ2n) is 16.6. The Morgan fingerprint density at radius 3 is 2.08 bits per heavy atom. The molecule has 0 unspecified atom stereocenters. The predicted molar refractivity (Wildman–Crippen MR) is 190 cm³/mol. The molecule has 0 aliphatic carbocycles. The maximum absolute atomic E-state index is 14.1. The van der Waals surface area contributed by atoms with Crippen LogP contribution in [0.4, 0.5) is 0 Å². The van der Waals surface area contributed by atoms with Crippen molar-refractivity contribution in [3.8, 4) is 0 Å². The number of hydrogen-bond donors (Lipinski definition) is 6. The summed E-state index contributed by atoms with van der Waals surface area (Å²) in [5.41, 5.74) is -4.68. The molecule has 3 rings (SSSR count). The summed E-state index contributed by atoms with van der Waals surface area (Å²) in [4.78, 5) is 16.0. The summed E-state index contributed by atoms with van der Waals surface area (Å²) in [7, 11) is 5.19. The van der Waals surface area contributed by atoms with Crippen molar-refractivity contribution in [1.29, 1.82) is 0 Å². The topological polar surface area (TPSA) is 209 Å². The first kappa shape index (κ1) is 44.9. The maximum atomic E-state index is 14.1. The van der Waals surface area contributed by atoms with E-state index in [1.165, 1.54) is 14.0 Å². The number of methoxy groups -OCH3 is 1. The van der Waals surface area contributed by atoms with E-state index in [9.17, 15) is 35.5 Å². The van der Waals surface area contributed by atoms with Gasteiger partial charge in [0.25, 0.3) is 0 Å². The van der Waals surface area contributed by atoms with Gasteiger partial charge in [0.05, 0.1) is 53.4 Å². The van der Waals surface area contributed by atoms with Crippen molar-refractivity contribution in [3.63, 3.8) is 0 Å². The number of aliphatic hydroxyl groups is 5. The standard InChI is InChI=1S/C37H68N2O13/c1-14-25-37(10,45)30(41)20(4)27(38-46)18(2)16-35(8,44)32(52-34-28(40)24(39(11)12)15-19(3)48-34)21(5)29(22(6)33(43)50-25)51-26-17-36(9,47-13)31(42)23(7)49-26/h18-26,28-32,34,40-42,44-46H,14-17H2,1-13H3/b38-27+/t18-,19-,20+,21+,22-,23-,24+,25-,26+,28-,29+,30-,31-,32-,34-,35-,36+,37-/m1/s1. The van der Waals surface area contributed by atoms with Crippen molar-refractivity contribution < 1.29 is 64.0 Å². The van der Waals surface area contributed by atoms with Crippen LogP contribution in [0.2, 0.25) is 0 Å². The lowest BCUT2D eigenvalue weighted by molar-refractivity contribution is -0.317. The number of likely N-dealkylation sites (N-methyl/N-ethyl adjacent to an activating group) is 1. The minimum Gasteiger partial charge on any atom is -0.459 e. The fraction of sp³-hybridized carbons (Fsp3) is 0.946. The number of aliphatic hydroxyl groups excluding tert-OH is 3. The smallest absolute Gasteiger partial charge is 0.311 e. The number of hydrogen-bond acceptors (Lipinski definition) is 15. The first-order valence-corrected chi connectivity index (χ1v) is 18.7. The fourth-order valence-corrected chi connectivity index (χ4v) is 8.61. The highest BCUT2D eigenvalue weighted by Crippen LogP contribution is 2.41. The van der Waals surface area contributed by atoms with Crippen LogP contribution in [0.15, 0.2) is 5.16 Å². The molecule has 0 aromatic heterocycles. The van der Waals surface area contributed by atoms with Crippen LogP contribution in [-0.2, 0) is 33.2 Å². The SMILES string of the molecule is CC[C@H]1OC(=O)[C@H](C)[C@@H](O[C@H]2C[C@](C)(OC)[C@H](O)[C@@H](C)O2)[C@H](C)[C@@H](O[C@H]2O[C@H](C)C[C@H](N(C)C)[C@H]2O)[C@](C)(O)C[C@@H](C)/C(=N\O)[C@H](C)[C@@H](O)[C@]1(C)O. The fourth-order valence-electron chi connectivity index (χ4n) is 8.61. The lowest BCUT2D eigenvalue weighted by atomic mass is 9.73. The highest BCUT2D eigenvalue weighted by molar-refractivity contribution is 5.88. The number of carbonyl (C=O) groups is 1. The second-order valence-corrected chi connectivity index (χ2v) is 16.6. The van der Waals surface area contributed by atoms with Crippen LogP contribution in [0.3, 0.4) is 0 Å². The van der Waals surface area contributed by atoms with E-state index in [0.29, 0.717) is 6.42 Å². The molecule has 0 radical (unpaired) electrons. The Morgan fingerprint density at radius 1 is 0.923 bits per heavy atom. The average Bonchev–Trinajstić information content (AvgIpc) is 3.06. The molecule has 6 N–H and O–H groups in total. The molecule has 0 bridgehead atoms. The highest BCUT2D eigenvalue weighted by atomic mass is 16.7. The molecule has 3 saturated heterocycles. The largest absolute Gasteiger partial charge is 0.459 e. The zero-order chi connectivity index (χ0) is 39.7. The number of oxime groups is 1. The lowest BCUT2D eigenvalue weighted by Gasteiger charge is -2.49. The Labute approximate surface area is 309 Å². The van der Waals surface area contributed by atoms with E-state index in [2.05, 4.69) is 5.16 Å². The van der Waals surface area contributed by atoms with E-state index in [4.69, 9.17) is 28.4 Å². The highest BCUT2D eigenvalue weighted by Gasteiger charge is 2.53. The van der Waals surface area contributed by atoms with Crippen molar-refractivity contribution in [2.45, 2.75) is 179 Å². The summed E-state index contributed by atoms with van der Waals surface area (Å²) in [5.74, 6) is -4.24. The van der Waals surface area contributed by atoms with Crippen LogP contribution >= 0.6 is 0 Å². The molecule has 0 aromatic rings. The van der Waals surface area contributed by atoms with Crippen molar-refractivity contribution in [1.82, 2.24) is 4.90 Å². The minimum absolute atomic E-state index is 0.0657. The Bertz CT molecular complexity index is 1200. The number of nitrogens with zero attached hydrogens (tertiary/aromatic N) is 2. The van der Waals surface area contributed by atoms with Crippen molar-refractivity contribution in [3.05, 3.63) is 0 Å². The van der Waals surface area contributed by atoms with Crippen molar-refractivity contribution in [2.24, 2.45) is 28.8 Å². The summed E-state index contributed by atoms with van der Waals surface area (Å²) in [6.07, 6.45) is -9.51. The summed E-state index contributed by atoms with van der Waals surface area (Å²) < 4.78 is 37.2. The van der Waals surface area contributed by atoms with Gasteiger partial charge in [-0.1, -0.05) is 32.9 Å². The molecule has 15 nitrogen and oxygen atoms in total. The molecular weight excluding hydrogens is 680 g/mol. The Morgan fingerprint density at radius 2 is 1.54 bits per heavy atom. The third-order valence-corrected chi connectivity index (χ3v) is 12.0. The Hall–Kier alpha value is -1.50. The van der Waals surface area contributed by atoms with Gasteiger partial charge in [0.1, 0.15) is 23.9 Å². The van der Waals surface area contributed by atoms with Crippen LogP contribution in [0, 0.1) is 23.7 Å². The molecule has 15 heteroatoms. The van der Waals surface area contributed by atoms with Gasteiger partial charge in [-0.3, -0.25) is 4.79 Å². The minimum atomic E-state index is -1.97. The molecule has 3 aliphatic heterocycles. The van der Waals surface area contributed by atoms with Gasteiger partial charge in [0.15, 0.2) is 12.6 Å². The first-order chi connectivity index (χ1) is 24.0. The third-order valence-electron chi connectivity index (χ3n) is 12.0. The van der Waals surface area contributed by atoms with Gasteiger partial charge < -0.3 is 64.1 Å². The molecule has 0 spiro atoms. The molecule has 3 fully saturated rings. The molecule has 0 amide bonds. The predicted octanol–water partition coefficient (Wildman–Crippen LogP) is 2.05. The van der Waals surface area contributed by atoms with E-state index >= 15 is 0 Å². The van der Waals surface area contributed by atoms with Crippen LogP contribution in [0.1, 0.15) is 94.9 Å². The van der Waals surface area contributed by atoms with Crippen LogP contribution in [0.25, 0.3) is 0 Å². The summed E-state index contributed by atoms with van der Waals surface area (Å²) in [6, 6.07) is -0.322. The van der Waals surface area contributed by atoms with Crippen LogP contribution < -0.4 is 0 Å². The van der Waals surface area contributed by atoms with Gasteiger partial charge in [0, 0.05) is 37.3 Å². The van der Waals surface area contributed by atoms with Crippen molar-refractivity contribution in [2.75, 3.05) is 21.2 Å². The van der Waals surface area contributed by atoms with E-state index in [1.807, 2.05) is 25.9 Å². The molecule has 18 atom stereocenters. The van der Waals surface area contributed by atoms with Crippen molar-refractivity contribution >= 4 is 11.7 Å². The number of esters is 1. The second kappa shape index (κ2) is 17.5. The van der Waals surface area contributed by atoms with Gasteiger partial charge in [0.2, 0.25) is 0 Å². The average molecular weight is 749 g/mol. The van der Waals surface area contributed by atoms with E-state index in [0.717, 1.165) is 0 Å². The van der Waals surface area contributed by atoms with Gasteiger partial charge in [-0.2, -0.15) is 0 Å². The molecule has 0 aromatic carbocycles. The Balaban J connectivity index is 2.21. The van der Waals surface area contributed by atoms with E-state index in [1.54, 1.807) is 55.4 Å². The molecule has 3 aliphatic rings. The molecule has 304 valence electrons. The van der Waals surface area contributed by atoms with E-state index in [-0.39, 0.29) is 37.1 Å². The summed E-state index contributed by atoms with van der Waals surface area (Å²) in [6.45, 7) is 16.6. The quantitative estimate of drug-likeness (QED) is 0.125. The lowest BCUT2D eigenvalue weighted by Crippen LogP contribution is -2.61. The number of cyclic esters (lactones) is 1.